The van der Waals surface area contributed by atoms with Crippen LogP contribution < -0.4 is 15.4 Å². The lowest BCUT2D eigenvalue weighted by Gasteiger charge is -2.15. The second-order valence-corrected chi connectivity index (χ2v) is 10.1. The summed E-state index contributed by atoms with van der Waals surface area (Å²) < 4.78 is 7.11. The first kappa shape index (κ1) is 25.0. The Labute approximate surface area is 229 Å². The second-order valence-electron chi connectivity index (χ2n) is 7.72. The molecule has 12 heteroatoms. The smallest absolute Gasteiger partial charge is 0.274 e. The lowest BCUT2D eigenvalue weighted by molar-refractivity contribution is 0.101. The van der Waals surface area contributed by atoms with Gasteiger partial charge in [-0.25, -0.2) is 9.67 Å². The number of pyridine rings is 1. The first-order valence-corrected chi connectivity index (χ1v) is 13.4. The molecule has 4 heterocycles. The zero-order valence-corrected chi connectivity index (χ0v) is 22.2. The van der Waals surface area contributed by atoms with Crippen LogP contribution >= 0.6 is 45.9 Å². The zero-order chi connectivity index (χ0) is 25.9. The number of thiophene rings is 2. The number of aryl methyl sites for hydroxylation is 1. The van der Waals surface area contributed by atoms with Crippen molar-refractivity contribution >= 4 is 69.1 Å². The van der Waals surface area contributed by atoms with Gasteiger partial charge < -0.3 is 15.4 Å². The van der Waals surface area contributed by atoms with Crippen molar-refractivity contribution in [2.24, 2.45) is 0 Å². The topological polar surface area (TPSA) is 98.1 Å². The van der Waals surface area contributed by atoms with Gasteiger partial charge in [-0.05, 0) is 59.6 Å². The number of anilines is 2. The molecule has 2 amide bonds. The summed E-state index contributed by atoms with van der Waals surface area (Å²) in [5.74, 6) is 0.0346. The molecule has 1 aromatic carbocycles. The third kappa shape index (κ3) is 5.52. The van der Waals surface area contributed by atoms with E-state index in [2.05, 4.69) is 20.7 Å². The van der Waals surface area contributed by atoms with E-state index in [-0.39, 0.29) is 23.0 Å². The molecule has 37 heavy (non-hydrogen) atoms. The van der Waals surface area contributed by atoms with Crippen molar-refractivity contribution in [2.75, 3.05) is 10.6 Å². The molecule has 2 N–H and O–H groups in total. The van der Waals surface area contributed by atoms with Gasteiger partial charge in [-0.2, -0.15) is 11.3 Å². The molecular weight excluding hydrogens is 553 g/mol. The van der Waals surface area contributed by atoms with Crippen molar-refractivity contribution in [3.8, 4) is 17.4 Å². The average molecular weight is 570 g/mol. The molecule has 0 spiro atoms. The molecule has 186 valence electrons. The number of carbonyl (C=O) groups excluding carboxylic acids is 2. The molecule has 0 aliphatic heterocycles. The van der Waals surface area contributed by atoms with Crippen molar-refractivity contribution < 1.29 is 14.3 Å². The maximum Gasteiger partial charge on any atom is 0.274 e. The molecule has 0 unspecified atom stereocenters. The van der Waals surface area contributed by atoms with E-state index in [4.69, 9.17) is 27.9 Å². The number of ether oxygens (including phenoxy) is 1. The molecule has 4 aromatic heterocycles. The molecule has 0 saturated heterocycles. The predicted molar refractivity (Wildman–Crippen MR) is 147 cm³/mol. The van der Waals surface area contributed by atoms with Crippen LogP contribution in [0.2, 0.25) is 10.0 Å². The molecule has 0 fully saturated rings. The number of hydrogen-bond acceptors (Lipinski definition) is 7. The van der Waals surface area contributed by atoms with Gasteiger partial charge in [-0.1, -0.05) is 23.2 Å². The van der Waals surface area contributed by atoms with E-state index in [9.17, 15) is 9.59 Å². The normalized spacial score (nSPS) is 10.8. The molecule has 0 saturated carbocycles. The van der Waals surface area contributed by atoms with Crippen molar-refractivity contribution in [3.63, 3.8) is 0 Å². The van der Waals surface area contributed by atoms with Gasteiger partial charge in [0, 0.05) is 28.0 Å². The molecule has 0 bridgehead atoms. The van der Waals surface area contributed by atoms with Gasteiger partial charge in [0.1, 0.15) is 11.4 Å². The summed E-state index contributed by atoms with van der Waals surface area (Å²) in [4.78, 5) is 31.0. The highest BCUT2D eigenvalue weighted by Gasteiger charge is 2.24. The largest absolute Gasteiger partial charge is 0.437 e. The van der Waals surface area contributed by atoms with Gasteiger partial charge in [0.05, 0.1) is 22.0 Å². The Morgan fingerprint density at radius 3 is 2.54 bits per heavy atom. The fraction of sp³-hybridized carbons (Fsp3) is 0.0400. The Bertz CT molecular complexity index is 1580. The van der Waals surface area contributed by atoms with E-state index in [0.29, 0.717) is 32.7 Å². The van der Waals surface area contributed by atoms with E-state index in [0.717, 1.165) is 0 Å². The van der Waals surface area contributed by atoms with E-state index < -0.39 is 11.8 Å². The fourth-order valence-electron chi connectivity index (χ4n) is 3.50. The van der Waals surface area contributed by atoms with Crippen LogP contribution in [0.25, 0.3) is 5.82 Å². The molecular formula is C25H17Cl2N5O3S2. The summed E-state index contributed by atoms with van der Waals surface area (Å²) in [5.41, 5.74) is 1.86. The Balaban J connectivity index is 1.52. The Kier molecular flexibility index (Phi) is 7.24. The standard InChI is InChI=1S/C25H17Cl2N5O3S2/c1-14-9-15(26)10-18(24(33)29-16-4-7-36-12-16)22(14)30-25(34)20-11-21(35-17-5-8-37-13-17)31-32(20)23-19(27)3-2-6-28-23/h2-13H,1H3,(H,29,33)(H,30,34). The van der Waals surface area contributed by atoms with Crippen LogP contribution in [-0.4, -0.2) is 26.6 Å². The minimum atomic E-state index is -0.551. The summed E-state index contributed by atoms with van der Waals surface area (Å²) in [5, 5.41) is 18.1. The van der Waals surface area contributed by atoms with E-state index in [1.54, 1.807) is 48.8 Å². The number of nitrogens with one attached hydrogen (secondary N) is 2. The maximum absolute atomic E-state index is 13.6. The first-order valence-electron chi connectivity index (χ1n) is 10.7. The quantitative estimate of drug-likeness (QED) is 0.214. The summed E-state index contributed by atoms with van der Waals surface area (Å²) in [6.45, 7) is 1.75. The van der Waals surface area contributed by atoms with Crippen molar-refractivity contribution in [1.29, 1.82) is 0 Å². The molecule has 0 atom stereocenters. The monoisotopic (exact) mass is 569 g/mol. The predicted octanol–water partition coefficient (Wildman–Crippen LogP) is 7.30. The number of rotatable bonds is 7. The van der Waals surface area contributed by atoms with Crippen molar-refractivity contribution in [3.05, 3.63) is 97.0 Å². The van der Waals surface area contributed by atoms with Crippen LogP contribution in [0.3, 0.4) is 0 Å². The number of aromatic nitrogens is 3. The van der Waals surface area contributed by atoms with Crippen LogP contribution in [0.4, 0.5) is 11.4 Å². The molecule has 0 aliphatic carbocycles. The van der Waals surface area contributed by atoms with Gasteiger partial charge in [-0.15, -0.1) is 16.4 Å². The first-order chi connectivity index (χ1) is 17.9. The molecule has 5 rings (SSSR count). The summed E-state index contributed by atoms with van der Waals surface area (Å²) in [6, 6.07) is 11.5. The summed E-state index contributed by atoms with van der Waals surface area (Å²) in [6.07, 6.45) is 1.54. The van der Waals surface area contributed by atoms with Crippen LogP contribution in [0, 0.1) is 6.92 Å². The summed E-state index contributed by atoms with van der Waals surface area (Å²) >= 11 is 15.5. The highest BCUT2D eigenvalue weighted by molar-refractivity contribution is 7.08. The highest BCUT2D eigenvalue weighted by Crippen LogP contribution is 2.30. The lowest BCUT2D eigenvalue weighted by Crippen LogP contribution is -2.21. The van der Waals surface area contributed by atoms with Crippen LogP contribution in [0.1, 0.15) is 26.4 Å². The van der Waals surface area contributed by atoms with Crippen molar-refractivity contribution in [1.82, 2.24) is 14.8 Å². The minimum absolute atomic E-state index is 0.101. The fourth-order valence-corrected chi connectivity index (χ4v) is 5.11. The number of benzene rings is 1. The molecule has 0 radical (unpaired) electrons. The number of nitrogens with zero attached hydrogens (tertiary/aromatic N) is 3. The Morgan fingerprint density at radius 2 is 1.81 bits per heavy atom. The molecule has 0 aliphatic rings. The third-order valence-corrected chi connectivity index (χ3v) is 7.00. The van der Waals surface area contributed by atoms with E-state index in [1.807, 2.05) is 16.1 Å². The van der Waals surface area contributed by atoms with Crippen LogP contribution in [0.5, 0.6) is 11.6 Å². The van der Waals surface area contributed by atoms with Gasteiger partial charge in [0.2, 0.25) is 5.88 Å². The zero-order valence-electron chi connectivity index (χ0n) is 19.1. The van der Waals surface area contributed by atoms with Crippen LogP contribution in [0.15, 0.2) is 70.2 Å². The Morgan fingerprint density at radius 1 is 1.00 bits per heavy atom. The minimum Gasteiger partial charge on any atom is -0.437 e. The highest BCUT2D eigenvalue weighted by atomic mass is 35.5. The van der Waals surface area contributed by atoms with Gasteiger partial charge >= 0.3 is 0 Å². The van der Waals surface area contributed by atoms with Gasteiger partial charge in [0.25, 0.3) is 11.8 Å². The van der Waals surface area contributed by atoms with Gasteiger partial charge in [-0.3, -0.25) is 9.59 Å². The second kappa shape index (κ2) is 10.7. The lowest BCUT2D eigenvalue weighted by atomic mass is 10.1. The number of hydrogen-bond donors (Lipinski definition) is 2. The number of halogens is 2. The summed E-state index contributed by atoms with van der Waals surface area (Å²) in [7, 11) is 0. The maximum atomic E-state index is 13.6. The Hall–Kier alpha value is -3.70. The van der Waals surface area contributed by atoms with Crippen LogP contribution in [-0.2, 0) is 0 Å². The van der Waals surface area contributed by atoms with Gasteiger partial charge in [0.15, 0.2) is 5.82 Å². The van der Waals surface area contributed by atoms with E-state index in [1.165, 1.54) is 39.5 Å². The van der Waals surface area contributed by atoms with Crippen molar-refractivity contribution in [2.45, 2.75) is 6.92 Å². The third-order valence-electron chi connectivity index (χ3n) is 5.14. The number of carbonyl (C=O) groups is 2. The number of amides is 2. The average Bonchev–Trinajstić information content (AvgIpc) is 3.64. The molecule has 5 aromatic rings. The van der Waals surface area contributed by atoms with E-state index >= 15 is 0 Å². The molecule has 8 nitrogen and oxygen atoms in total. The SMILES string of the molecule is Cc1cc(Cl)cc(C(=O)Nc2ccsc2)c1NC(=O)c1cc(Oc2ccsc2)nn1-c1ncccc1Cl.